The molecule has 0 bridgehead atoms. The molecule has 2 saturated heterocycles. The van der Waals surface area contributed by atoms with Gasteiger partial charge < -0.3 is 10.4 Å². The van der Waals surface area contributed by atoms with Gasteiger partial charge in [0.15, 0.2) is 0 Å². The first-order valence-corrected chi connectivity index (χ1v) is 6.32. The molecule has 2 N–H and O–H groups in total. The van der Waals surface area contributed by atoms with Gasteiger partial charge in [-0.05, 0) is 38.3 Å². The maximum absolute atomic E-state index is 10.0. The van der Waals surface area contributed by atoms with Crippen LogP contribution in [0.25, 0.3) is 0 Å². The van der Waals surface area contributed by atoms with E-state index in [4.69, 9.17) is 0 Å². The second-order valence-electron chi connectivity index (χ2n) is 5.51. The first-order valence-electron chi connectivity index (χ1n) is 6.32. The van der Waals surface area contributed by atoms with Crippen molar-refractivity contribution in [2.45, 2.75) is 51.3 Å². The van der Waals surface area contributed by atoms with Crippen LogP contribution in [0.1, 0.15) is 33.1 Å². The van der Waals surface area contributed by atoms with E-state index < -0.39 is 0 Å². The number of hydrogen-bond donors (Lipinski definition) is 2. The zero-order chi connectivity index (χ0) is 10.8. The fourth-order valence-corrected chi connectivity index (χ4v) is 2.87. The van der Waals surface area contributed by atoms with Crippen LogP contribution >= 0.6 is 0 Å². The molecule has 2 heterocycles. The molecule has 2 aliphatic heterocycles. The van der Waals surface area contributed by atoms with Gasteiger partial charge in [-0.15, -0.1) is 0 Å². The Kier molecular flexibility index (Phi) is 3.65. The van der Waals surface area contributed by atoms with E-state index in [9.17, 15) is 5.11 Å². The minimum Gasteiger partial charge on any atom is -0.391 e. The largest absolute Gasteiger partial charge is 0.391 e. The van der Waals surface area contributed by atoms with Gasteiger partial charge in [-0.1, -0.05) is 13.8 Å². The van der Waals surface area contributed by atoms with Gasteiger partial charge in [0.2, 0.25) is 0 Å². The van der Waals surface area contributed by atoms with Crippen LogP contribution in [0.5, 0.6) is 0 Å². The van der Waals surface area contributed by atoms with E-state index in [0.717, 1.165) is 19.5 Å². The standard InChI is InChI=1S/C12H24N2O/c1-9(2)7-13-10-6-12(15)11-4-3-5-14(11)8-10/h9-13,15H,3-8H2,1-2H3/t10-,11?,12?/m1/s1. The van der Waals surface area contributed by atoms with Crippen LogP contribution in [0.3, 0.4) is 0 Å². The molecule has 0 saturated carbocycles. The lowest BCUT2D eigenvalue weighted by molar-refractivity contribution is 0.0175. The van der Waals surface area contributed by atoms with Crippen LogP contribution in [0.2, 0.25) is 0 Å². The fourth-order valence-electron chi connectivity index (χ4n) is 2.87. The number of rotatable bonds is 3. The average molecular weight is 212 g/mol. The predicted molar refractivity (Wildman–Crippen MR) is 61.8 cm³/mol. The third-order valence-corrected chi connectivity index (χ3v) is 3.65. The molecule has 0 aromatic rings. The van der Waals surface area contributed by atoms with Gasteiger partial charge in [0.1, 0.15) is 0 Å². The molecule has 0 spiro atoms. The molecule has 88 valence electrons. The summed E-state index contributed by atoms with van der Waals surface area (Å²) in [7, 11) is 0. The average Bonchev–Trinajstić information content (AvgIpc) is 2.63. The molecule has 3 atom stereocenters. The third-order valence-electron chi connectivity index (χ3n) is 3.65. The van der Waals surface area contributed by atoms with Crippen LogP contribution in [0.15, 0.2) is 0 Å². The Morgan fingerprint density at radius 1 is 1.47 bits per heavy atom. The summed E-state index contributed by atoms with van der Waals surface area (Å²) < 4.78 is 0. The third kappa shape index (κ3) is 2.71. The zero-order valence-corrected chi connectivity index (χ0v) is 9.95. The van der Waals surface area contributed by atoms with Crippen LogP contribution in [0.4, 0.5) is 0 Å². The summed E-state index contributed by atoms with van der Waals surface area (Å²) in [4.78, 5) is 2.46. The van der Waals surface area contributed by atoms with Gasteiger partial charge in [0, 0.05) is 18.6 Å². The van der Waals surface area contributed by atoms with Gasteiger partial charge in [0.05, 0.1) is 6.10 Å². The molecule has 2 aliphatic rings. The van der Waals surface area contributed by atoms with E-state index in [1.165, 1.54) is 19.4 Å². The Hall–Kier alpha value is -0.120. The minimum atomic E-state index is -0.106. The Balaban J connectivity index is 1.83. The van der Waals surface area contributed by atoms with Crippen molar-refractivity contribution < 1.29 is 5.11 Å². The molecule has 2 unspecified atom stereocenters. The minimum absolute atomic E-state index is 0.106. The molecule has 3 heteroatoms. The number of nitrogens with one attached hydrogen (secondary N) is 1. The molecule has 15 heavy (non-hydrogen) atoms. The maximum Gasteiger partial charge on any atom is 0.0710 e. The molecule has 0 aliphatic carbocycles. The number of aliphatic hydroxyl groups is 1. The van der Waals surface area contributed by atoms with Gasteiger partial charge >= 0.3 is 0 Å². The number of fused-ring (bicyclic) bond motifs is 1. The van der Waals surface area contributed by atoms with Crippen LogP contribution in [-0.4, -0.2) is 47.8 Å². The van der Waals surface area contributed by atoms with E-state index in [0.29, 0.717) is 18.0 Å². The first-order chi connectivity index (χ1) is 7.16. The van der Waals surface area contributed by atoms with E-state index in [2.05, 4.69) is 24.1 Å². The van der Waals surface area contributed by atoms with Gasteiger partial charge in [-0.3, -0.25) is 4.90 Å². The highest BCUT2D eigenvalue weighted by Crippen LogP contribution is 2.27. The van der Waals surface area contributed by atoms with Gasteiger partial charge in [-0.25, -0.2) is 0 Å². The summed E-state index contributed by atoms with van der Waals surface area (Å²) in [6, 6.07) is 0.957. The molecule has 0 amide bonds. The predicted octanol–water partition coefficient (Wildman–Crippen LogP) is 0.830. The molecule has 0 radical (unpaired) electrons. The summed E-state index contributed by atoms with van der Waals surface area (Å²) in [6.45, 7) is 7.84. The van der Waals surface area contributed by atoms with Gasteiger partial charge in [-0.2, -0.15) is 0 Å². The lowest BCUT2D eigenvalue weighted by atomic mass is 9.95. The van der Waals surface area contributed by atoms with Crippen molar-refractivity contribution >= 4 is 0 Å². The van der Waals surface area contributed by atoms with Crippen molar-refractivity contribution in [3.05, 3.63) is 0 Å². The van der Waals surface area contributed by atoms with Crippen LogP contribution in [0, 0.1) is 5.92 Å². The number of hydrogen-bond acceptors (Lipinski definition) is 3. The van der Waals surface area contributed by atoms with E-state index in [-0.39, 0.29) is 6.10 Å². The maximum atomic E-state index is 10.0. The smallest absolute Gasteiger partial charge is 0.0710 e. The molecule has 2 fully saturated rings. The van der Waals surface area contributed by atoms with Crippen LogP contribution in [-0.2, 0) is 0 Å². The lowest BCUT2D eigenvalue weighted by Crippen LogP contribution is -2.54. The Bertz CT molecular complexity index is 208. The second kappa shape index (κ2) is 4.81. The van der Waals surface area contributed by atoms with Crippen molar-refractivity contribution in [2.75, 3.05) is 19.6 Å². The Labute approximate surface area is 92.8 Å². The monoisotopic (exact) mass is 212 g/mol. The summed E-state index contributed by atoms with van der Waals surface area (Å²) in [5.74, 6) is 0.693. The van der Waals surface area contributed by atoms with Crippen molar-refractivity contribution in [1.29, 1.82) is 0 Å². The summed E-state index contributed by atoms with van der Waals surface area (Å²) >= 11 is 0. The van der Waals surface area contributed by atoms with Crippen molar-refractivity contribution in [3.8, 4) is 0 Å². The quantitative estimate of drug-likeness (QED) is 0.727. The molecule has 3 nitrogen and oxygen atoms in total. The number of aliphatic hydroxyl groups excluding tert-OH is 1. The lowest BCUT2D eigenvalue weighted by Gasteiger charge is -2.39. The zero-order valence-electron chi connectivity index (χ0n) is 9.95. The first kappa shape index (κ1) is 11.4. The summed E-state index contributed by atoms with van der Waals surface area (Å²) in [5, 5.41) is 13.6. The van der Waals surface area contributed by atoms with E-state index >= 15 is 0 Å². The Morgan fingerprint density at radius 3 is 3.00 bits per heavy atom. The molecular formula is C12H24N2O. The highest BCUT2D eigenvalue weighted by Gasteiger charge is 2.37. The van der Waals surface area contributed by atoms with Crippen LogP contribution < -0.4 is 5.32 Å². The highest BCUT2D eigenvalue weighted by molar-refractivity contribution is 4.94. The molecule has 0 aromatic heterocycles. The van der Waals surface area contributed by atoms with E-state index in [1.54, 1.807) is 0 Å². The van der Waals surface area contributed by atoms with Gasteiger partial charge in [0.25, 0.3) is 0 Å². The van der Waals surface area contributed by atoms with E-state index in [1.807, 2.05) is 0 Å². The SMILES string of the molecule is CC(C)CN[C@@H]1CC(O)C2CCCN2C1. The molecule has 2 rings (SSSR count). The Morgan fingerprint density at radius 2 is 2.27 bits per heavy atom. The van der Waals surface area contributed by atoms with Crippen molar-refractivity contribution in [1.82, 2.24) is 10.2 Å². The van der Waals surface area contributed by atoms with Crippen molar-refractivity contribution in [3.63, 3.8) is 0 Å². The highest BCUT2D eigenvalue weighted by atomic mass is 16.3. The number of piperidine rings is 1. The second-order valence-corrected chi connectivity index (χ2v) is 5.51. The summed E-state index contributed by atoms with van der Waals surface area (Å²) in [5.41, 5.74) is 0. The fraction of sp³-hybridized carbons (Fsp3) is 1.00. The summed E-state index contributed by atoms with van der Waals surface area (Å²) in [6.07, 6.45) is 3.29. The number of nitrogens with zero attached hydrogens (tertiary/aromatic N) is 1. The van der Waals surface area contributed by atoms with Crippen molar-refractivity contribution in [2.24, 2.45) is 5.92 Å². The molecule has 0 aromatic carbocycles. The molecular weight excluding hydrogens is 188 g/mol. The topological polar surface area (TPSA) is 35.5 Å². The normalized spacial score (nSPS) is 37.2.